The summed E-state index contributed by atoms with van der Waals surface area (Å²) in [6.45, 7) is 6.31. The van der Waals surface area contributed by atoms with E-state index in [0.717, 1.165) is 0 Å². The van der Waals surface area contributed by atoms with Crippen molar-refractivity contribution < 1.29 is 48.5 Å². The van der Waals surface area contributed by atoms with E-state index in [9.17, 15) is 43.4 Å². The van der Waals surface area contributed by atoms with Gasteiger partial charge in [-0.3, -0.25) is 23.6 Å². The van der Waals surface area contributed by atoms with Gasteiger partial charge in [0.1, 0.15) is 17.6 Å². The maximum absolute atomic E-state index is 11.6. The fraction of sp³-hybridized carbons (Fsp3) is 0.455. The van der Waals surface area contributed by atoms with Gasteiger partial charge in [-0.2, -0.15) is 0 Å². The van der Waals surface area contributed by atoms with Crippen molar-refractivity contribution in [3.63, 3.8) is 0 Å². The molecule has 2 unspecified atom stereocenters. The van der Waals surface area contributed by atoms with Gasteiger partial charge in [0.15, 0.2) is 0 Å². The molecule has 3 atom stereocenters. The van der Waals surface area contributed by atoms with Gasteiger partial charge in [-0.1, -0.05) is 12.2 Å². The lowest BCUT2D eigenvalue weighted by atomic mass is 10.1. The molecule has 24 heavy (non-hydrogen) atoms. The summed E-state index contributed by atoms with van der Waals surface area (Å²) in [5.41, 5.74) is 0. The van der Waals surface area contributed by atoms with Crippen LogP contribution in [0.5, 0.6) is 0 Å². The molecule has 0 saturated heterocycles. The van der Waals surface area contributed by atoms with E-state index in [4.69, 9.17) is 5.11 Å². The highest BCUT2D eigenvalue weighted by molar-refractivity contribution is 7.53. The van der Waals surface area contributed by atoms with Crippen LogP contribution in [0.1, 0.15) is 12.8 Å². The SMILES string of the molecule is C=CC(N(C(C=C)P(=O)(O)O)[C@@H](CCC(=O)O)C(=O)O)P(=O)(O)O. The lowest BCUT2D eigenvalue weighted by Gasteiger charge is -2.39. The van der Waals surface area contributed by atoms with Crippen molar-refractivity contribution in [3.8, 4) is 0 Å². The van der Waals surface area contributed by atoms with Crippen LogP contribution in [0.15, 0.2) is 25.3 Å². The molecule has 6 N–H and O–H groups in total. The van der Waals surface area contributed by atoms with Crippen LogP contribution in [0.3, 0.4) is 0 Å². The number of carbonyl (C=O) groups is 2. The van der Waals surface area contributed by atoms with Crippen LogP contribution in [0, 0.1) is 0 Å². The Labute approximate surface area is 137 Å². The summed E-state index contributed by atoms with van der Waals surface area (Å²) in [7, 11) is -10.2. The smallest absolute Gasteiger partial charge is 0.346 e. The molecule has 0 radical (unpaired) electrons. The molecule has 0 amide bonds. The van der Waals surface area contributed by atoms with Crippen molar-refractivity contribution in [2.45, 2.75) is 30.4 Å². The maximum atomic E-state index is 11.6. The zero-order chi connectivity index (χ0) is 19.3. The molecule has 0 fully saturated rings. The summed E-state index contributed by atoms with van der Waals surface area (Å²) < 4.78 is 23.2. The molecule has 0 bridgehead atoms. The maximum Gasteiger partial charge on any atom is 0.346 e. The molecule has 0 aromatic carbocycles. The zero-order valence-electron chi connectivity index (χ0n) is 12.4. The predicted octanol–water partition coefficient (Wildman–Crippen LogP) is -0.0140. The quantitative estimate of drug-likeness (QED) is 0.206. The molecule has 0 saturated carbocycles. The van der Waals surface area contributed by atoms with Crippen LogP contribution >= 0.6 is 15.2 Å². The van der Waals surface area contributed by atoms with E-state index in [2.05, 4.69) is 13.2 Å². The van der Waals surface area contributed by atoms with Gasteiger partial charge in [0, 0.05) is 6.42 Å². The molecule has 0 aliphatic carbocycles. The molecule has 0 spiro atoms. The van der Waals surface area contributed by atoms with Crippen LogP contribution < -0.4 is 0 Å². The minimum atomic E-state index is -5.10. The molecule has 0 rings (SSSR count). The van der Waals surface area contributed by atoms with Gasteiger partial charge in [-0.15, -0.1) is 13.2 Å². The number of aliphatic carboxylic acids is 2. The minimum Gasteiger partial charge on any atom is -0.481 e. The van der Waals surface area contributed by atoms with Gasteiger partial charge < -0.3 is 29.8 Å². The summed E-state index contributed by atoms with van der Waals surface area (Å²) in [6.07, 6.45) is -0.0733. The molecule has 0 aromatic rings. The standard InChI is InChI=1S/C11H19NO10P2/c1-3-8(23(17,18)19)12(9(4-2)24(20,21)22)7(11(15)16)5-6-10(13)14/h3-4,7-9H,1-2,5-6H2,(H,13,14)(H,15,16)(H2,17,18,19)(H2,20,21,22)/t7-,8?,9?/m0/s1. The van der Waals surface area contributed by atoms with Crippen molar-refractivity contribution >= 4 is 27.1 Å². The second kappa shape index (κ2) is 8.68. The second-order valence-electron chi connectivity index (χ2n) is 4.71. The Bertz CT molecular complexity index is 560. The van der Waals surface area contributed by atoms with E-state index >= 15 is 0 Å². The monoisotopic (exact) mass is 387 g/mol. The Morgan fingerprint density at radius 3 is 1.54 bits per heavy atom. The largest absolute Gasteiger partial charge is 0.481 e. The number of rotatable bonds is 11. The lowest BCUT2D eigenvalue weighted by Crippen LogP contribution is -2.51. The number of hydrogen-bond acceptors (Lipinski definition) is 5. The number of hydrogen-bond donors (Lipinski definition) is 6. The molecule has 13 heteroatoms. The van der Waals surface area contributed by atoms with Gasteiger partial charge in [-0.25, -0.2) is 0 Å². The molecule has 0 aliphatic heterocycles. The first-order valence-corrected chi connectivity index (χ1v) is 9.71. The average Bonchev–Trinajstić information content (AvgIpc) is 2.35. The zero-order valence-corrected chi connectivity index (χ0v) is 14.2. The molecule has 138 valence electrons. The van der Waals surface area contributed by atoms with Crippen LogP contribution in [0.25, 0.3) is 0 Å². The Hall–Kier alpha value is -1.32. The average molecular weight is 387 g/mol. The summed E-state index contributed by atoms with van der Waals surface area (Å²) in [6, 6.07) is -1.91. The van der Waals surface area contributed by atoms with Gasteiger partial charge >= 0.3 is 27.1 Å². The van der Waals surface area contributed by atoms with Crippen molar-refractivity contribution in [2.24, 2.45) is 0 Å². The molecular weight excluding hydrogens is 368 g/mol. The molecule has 11 nitrogen and oxygen atoms in total. The number of carboxylic acids is 2. The highest BCUT2D eigenvalue weighted by atomic mass is 31.2. The van der Waals surface area contributed by atoms with Crippen molar-refractivity contribution in [2.75, 3.05) is 0 Å². The van der Waals surface area contributed by atoms with Crippen molar-refractivity contribution in [3.05, 3.63) is 25.3 Å². The topological polar surface area (TPSA) is 193 Å². The molecular formula is C11H19NO10P2. The second-order valence-corrected chi connectivity index (χ2v) is 8.13. The van der Waals surface area contributed by atoms with Crippen molar-refractivity contribution in [1.29, 1.82) is 0 Å². The lowest BCUT2D eigenvalue weighted by molar-refractivity contribution is -0.144. The van der Waals surface area contributed by atoms with Crippen LogP contribution in [0.4, 0.5) is 0 Å². The Morgan fingerprint density at radius 2 is 1.33 bits per heavy atom. The summed E-state index contributed by atoms with van der Waals surface area (Å²) in [5, 5.41) is 17.9. The van der Waals surface area contributed by atoms with Gasteiger partial charge in [0.2, 0.25) is 0 Å². The molecule has 0 aromatic heterocycles. The Kier molecular flexibility index (Phi) is 8.20. The summed E-state index contributed by atoms with van der Waals surface area (Å²) >= 11 is 0. The normalized spacial score (nSPS) is 16.2. The minimum absolute atomic E-state index is 0.340. The van der Waals surface area contributed by atoms with Crippen LogP contribution in [0.2, 0.25) is 0 Å². The van der Waals surface area contributed by atoms with E-state index in [1.807, 2.05) is 0 Å². The number of carboxylic acid groups (broad SMARTS) is 2. The van der Waals surface area contributed by atoms with E-state index in [-0.39, 0.29) is 0 Å². The fourth-order valence-electron chi connectivity index (χ4n) is 2.05. The molecule has 0 aliphatic rings. The summed E-state index contributed by atoms with van der Waals surface area (Å²) in [4.78, 5) is 59.9. The summed E-state index contributed by atoms with van der Waals surface area (Å²) in [5.74, 6) is -7.23. The van der Waals surface area contributed by atoms with Crippen LogP contribution in [-0.4, -0.2) is 64.2 Å². The predicted molar refractivity (Wildman–Crippen MR) is 82.2 cm³/mol. The first-order chi connectivity index (χ1) is 10.8. The van der Waals surface area contributed by atoms with E-state index in [1.165, 1.54) is 0 Å². The highest BCUT2D eigenvalue weighted by Gasteiger charge is 2.47. The first-order valence-electron chi connectivity index (χ1n) is 6.35. The third-order valence-corrected chi connectivity index (χ3v) is 5.33. The third kappa shape index (κ3) is 6.29. The van der Waals surface area contributed by atoms with Crippen LogP contribution in [-0.2, 0) is 18.7 Å². The first kappa shape index (κ1) is 22.7. The Balaban J connectivity index is 6.25. The van der Waals surface area contributed by atoms with E-state index < -0.39 is 57.6 Å². The van der Waals surface area contributed by atoms with E-state index in [0.29, 0.717) is 17.1 Å². The Morgan fingerprint density at radius 1 is 0.958 bits per heavy atom. The highest BCUT2D eigenvalue weighted by Crippen LogP contribution is 2.52. The third-order valence-electron chi connectivity index (χ3n) is 3.00. The van der Waals surface area contributed by atoms with E-state index in [1.54, 1.807) is 0 Å². The van der Waals surface area contributed by atoms with Gasteiger partial charge in [0.05, 0.1) is 0 Å². The van der Waals surface area contributed by atoms with Gasteiger partial charge in [0.25, 0.3) is 0 Å². The van der Waals surface area contributed by atoms with Gasteiger partial charge in [-0.05, 0) is 6.42 Å². The fourth-order valence-corrected chi connectivity index (χ4v) is 4.01. The van der Waals surface area contributed by atoms with Crippen molar-refractivity contribution in [1.82, 2.24) is 4.90 Å². The molecule has 0 heterocycles. The number of nitrogens with zero attached hydrogens (tertiary/aromatic N) is 1.